The Bertz CT molecular complexity index is 747. The normalized spacial score (nSPS) is 16.8. The first-order valence-electron chi connectivity index (χ1n) is 7.66. The van der Waals surface area contributed by atoms with Gasteiger partial charge in [0.15, 0.2) is 5.11 Å². The number of esters is 1. The molecule has 0 radical (unpaired) electrons. The third-order valence-corrected chi connectivity index (χ3v) is 3.87. The molecular weight excluding hydrogens is 346 g/mol. The highest BCUT2D eigenvalue weighted by Crippen LogP contribution is 2.36. The lowest BCUT2D eigenvalue weighted by Gasteiger charge is -2.30. The first-order valence-corrected chi connectivity index (χ1v) is 8.07. The van der Waals surface area contributed by atoms with Gasteiger partial charge in [-0.2, -0.15) is 0 Å². The van der Waals surface area contributed by atoms with E-state index >= 15 is 0 Å². The number of nitro benzene ring substituents is 1. The third kappa shape index (κ3) is 4.05. The number of nitrogens with one attached hydrogen (secondary N) is 2. The SMILES string of the molecule is CCCOc1ccc([N+](=O)[O-])cc1[C@H]1NC(=S)NC(C)=C1C(=O)OC. The van der Waals surface area contributed by atoms with Gasteiger partial charge in [0.1, 0.15) is 5.75 Å². The Hall–Kier alpha value is -2.68. The number of non-ortho nitro benzene ring substituents is 1. The van der Waals surface area contributed by atoms with E-state index in [1.165, 1.54) is 25.3 Å². The third-order valence-electron chi connectivity index (χ3n) is 3.65. The van der Waals surface area contributed by atoms with Crippen LogP contribution in [0.2, 0.25) is 0 Å². The number of methoxy groups -OCH3 is 1. The number of nitro groups is 1. The summed E-state index contributed by atoms with van der Waals surface area (Å²) in [5, 5.41) is 17.3. The second-order valence-corrected chi connectivity index (χ2v) is 5.80. The molecule has 0 saturated carbocycles. The van der Waals surface area contributed by atoms with Crippen LogP contribution in [-0.4, -0.2) is 29.7 Å². The van der Waals surface area contributed by atoms with Crippen molar-refractivity contribution in [2.24, 2.45) is 0 Å². The number of carbonyl (C=O) groups is 1. The van der Waals surface area contributed by atoms with Crippen LogP contribution < -0.4 is 15.4 Å². The number of benzene rings is 1. The lowest BCUT2D eigenvalue weighted by atomic mass is 9.94. The smallest absolute Gasteiger partial charge is 0.337 e. The standard InChI is InChI=1S/C16H19N3O5S/c1-4-7-24-12-6-5-10(19(21)22)8-11(12)14-13(15(20)23-3)9(2)17-16(25)18-14/h5-6,8,14H,4,7H2,1-3H3,(H2,17,18,25)/t14-/m1/s1. The van der Waals surface area contributed by atoms with E-state index in [0.717, 1.165) is 6.42 Å². The van der Waals surface area contributed by atoms with E-state index in [0.29, 0.717) is 28.7 Å². The summed E-state index contributed by atoms with van der Waals surface area (Å²) in [5.74, 6) is -0.109. The van der Waals surface area contributed by atoms with Crippen molar-refractivity contribution in [1.29, 1.82) is 0 Å². The summed E-state index contributed by atoms with van der Waals surface area (Å²) in [6.45, 7) is 4.08. The van der Waals surface area contributed by atoms with Crippen molar-refractivity contribution < 1.29 is 19.2 Å². The molecule has 0 fully saturated rings. The molecule has 134 valence electrons. The maximum atomic E-state index is 12.2. The zero-order valence-corrected chi connectivity index (χ0v) is 14.9. The number of hydrogen-bond donors (Lipinski definition) is 2. The van der Waals surface area contributed by atoms with Crippen molar-refractivity contribution >= 4 is 29.0 Å². The zero-order valence-electron chi connectivity index (χ0n) is 14.1. The Labute approximate surface area is 150 Å². The van der Waals surface area contributed by atoms with E-state index in [4.69, 9.17) is 21.7 Å². The Morgan fingerprint density at radius 2 is 2.16 bits per heavy atom. The molecule has 0 aliphatic carbocycles. The molecule has 0 bridgehead atoms. The van der Waals surface area contributed by atoms with Gasteiger partial charge in [0.25, 0.3) is 5.69 Å². The number of allylic oxidation sites excluding steroid dienone is 1. The molecule has 1 aromatic rings. The van der Waals surface area contributed by atoms with E-state index in [9.17, 15) is 14.9 Å². The van der Waals surface area contributed by atoms with Crippen LogP contribution in [0.5, 0.6) is 5.75 Å². The molecule has 0 aromatic heterocycles. The molecule has 1 aromatic carbocycles. The molecule has 1 atom stereocenters. The summed E-state index contributed by atoms with van der Waals surface area (Å²) in [6.07, 6.45) is 0.771. The first kappa shape index (κ1) is 18.7. The number of carbonyl (C=O) groups excluding carboxylic acids is 1. The summed E-state index contributed by atoms with van der Waals surface area (Å²) >= 11 is 5.17. The van der Waals surface area contributed by atoms with Crippen LogP contribution in [0.3, 0.4) is 0 Å². The fraction of sp³-hybridized carbons (Fsp3) is 0.375. The van der Waals surface area contributed by atoms with Crippen molar-refractivity contribution in [3.05, 3.63) is 45.1 Å². The van der Waals surface area contributed by atoms with Crippen LogP contribution in [0.1, 0.15) is 31.9 Å². The average molecular weight is 365 g/mol. The van der Waals surface area contributed by atoms with Gasteiger partial charge < -0.3 is 20.1 Å². The zero-order chi connectivity index (χ0) is 18.6. The summed E-state index contributed by atoms with van der Waals surface area (Å²) in [6, 6.07) is 3.56. The van der Waals surface area contributed by atoms with Gasteiger partial charge in [0, 0.05) is 23.4 Å². The minimum absolute atomic E-state index is 0.105. The molecule has 8 nitrogen and oxygen atoms in total. The fourth-order valence-electron chi connectivity index (χ4n) is 2.53. The predicted molar refractivity (Wildman–Crippen MR) is 95.2 cm³/mol. The largest absolute Gasteiger partial charge is 0.493 e. The van der Waals surface area contributed by atoms with Crippen LogP contribution in [0.4, 0.5) is 5.69 Å². The van der Waals surface area contributed by atoms with Crippen LogP contribution in [0.25, 0.3) is 0 Å². The van der Waals surface area contributed by atoms with Gasteiger partial charge in [0.2, 0.25) is 0 Å². The maximum Gasteiger partial charge on any atom is 0.337 e. The average Bonchev–Trinajstić information content (AvgIpc) is 2.58. The molecular formula is C16H19N3O5S. The minimum atomic E-state index is -0.715. The topological polar surface area (TPSA) is 103 Å². The minimum Gasteiger partial charge on any atom is -0.493 e. The second-order valence-electron chi connectivity index (χ2n) is 5.39. The molecule has 0 unspecified atom stereocenters. The van der Waals surface area contributed by atoms with E-state index in [-0.39, 0.29) is 11.3 Å². The second kappa shape index (κ2) is 7.93. The van der Waals surface area contributed by atoms with Crippen LogP contribution in [0, 0.1) is 10.1 Å². The summed E-state index contributed by atoms with van der Waals surface area (Å²) < 4.78 is 10.6. The lowest BCUT2D eigenvalue weighted by molar-refractivity contribution is -0.385. The summed E-state index contributed by atoms with van der Waals surface area (Å²) in [4.78, 5) is 22.9. The molecule has 0 amide bonds. The Morgan fingerprint density at radius 1 is 1.44 bits per heavy atom. The molecule has 0 spiro atoms. The molecule has 1 heterocycles. The number of nitrogens with zero attached hydrogens (tertiary/aromatic N) is 1. The summed E-state index contributed by atoms with van der Waals surface area (Å²) in [7, 11) is 1.27. The molecule has 2 N–H and O–H groups in total. The Morgan fingerprint density at radius 3 is 2.76 bits per heavy atom. The molecule has 1 aliphatic heterocycles. The summed E-state index contributed by atoms with van der Waals surface area (Å²) in [5.41, 5.74) is 1.16. The number of thiocarbonyl (C=S) groups is 1. The number of hydrogen-bond acceptors (Lipinski definition) is 6. The maximum absolute atomic E-state index is 12.2. The lowest BCUT2D eigenvalue weighted by Crippen LogP contribution is -2.45. The van der Waals surface area contributed by atoms with Gasteiger partial charge in [0.05, 0.1) is 30.3 Å². The number of ether oxygens (including phenoxy) is 2. The Kier molecular flexibility index (Phi) is 5.92. The monoisotopic (exact) mass is 365 g/mol. The molecule has 9 heteroatoms. The predicted octanol–water partition coefficient (Wildman–Crippen LogP) is 2.35. The van der Waals surface area contributed by atoms with E-state index in [1.807, 2.05) is 6.92 Å². The Balaban J connectivity index is 2.60. The van der Waals surface area contributed by atoms with E-state index in [2.05, 4.69) is 10.6 Å². The van der Waals surface area contributed by atoms with Gasteiger partial charge in [-0.15, -0.1) is 0 Å². The van der Waals surface area contributed by atoms with Crippen molar-refractivity contribution in [1.82, 2.24) is 10.6 Å². The van der Waals surface area contributed by atoms with Gasteiger partial charge in [-0.05, 0) is 31.6 Å². The molecule has 0 saturated heterocycles. The van der Waals surface area contributed by atoms with Crippen LogP contribution in [0.15, 0.2) is 29.5 Å². The van der Waals surface area contributed by atoms with Crippen molar-refractivity contribution in [3.8, 4) is 5.75 Å². The van der Waals surface area contributed by atoms with Gasteiger partial charge in [-0.1, -0.05) is 6.92 Å². The van der Waals surface area contributed by atoms with Crippen molar-refractivity contribution in [3.63, 3.8) is 0 Å². The molecule has 2 rings (SSSR count). The first-order chi connectivity index (χ1) is 11.9. The van der Waals surface area contributed by atoms with Gasteiger partial charge >= 0.3 is 5.97 Å². The molecule has 25 heavy (non-hydrogen) atoms. The highest BCUT2D eigenvalue weighted by Gasteiger charge is 2.33. The van der Waals surface area contributed by atoms with Crippen molar-refractivity contribution in [2.45, 2.75) is 26.3 Å². The highest BCUT2D eigenvalue weighted by molar-refractivity contribution is 7.80. The fourth-order valence-corrected chi connectivity index (χ4v) is 2.80. The van der Waals surface area contributed by atoms with E-state index < -0.39 is 16.9 Å². The highest BCUT2D eigenvalue weighted by atomic mass is 32.1. The van der Waals surface area contributed by atoms with Crippen LogP contribution >= 0.6 is 12.2 Å². The number of rotatable bonds is 6. The van der Waals surface area contributed by atoms with Gasteiger partial charge in [-0.25, -0.2) is 4.79 Å². The molecule has 1 aliphatic rings. The van der Waals surface area contributed by atoms with Crippen molar-refractivity contribution in [2.75, 3.05) is 13.7 Å². The van der Waals surface area contributed by atoms with Crippen LogP contribution in [-0.2, 0) is 9.53 Å². The van der Waals surface area contributed by atoms with Gasteiger partial charge in [-0.3, -0.25) is 10.1 Å². The van der Waals surface area contributed by atoms with E-state index in [1.54, 1.807) is 6.92 Å². The quantitative estimate of drug-likeness (QED) is 0.343.